The van der Waals surface area contributed by atoms with Gasteiger partial charge in [-0.15, -0.1) is 11.3 Å². The van der Waals surface area contributed by atoms with Crippen molar-refractivity contribution >= 4 is 11.3 Å². The average molecular weight is 281 g/mol. The molecule has 1 aromatic rings. The van der Waals surface area contributed by atoms with E-state index in [1.54, 1.807) is 11.3 Å². The molecule has 1 N–H and O–H groups in total. The van der Waals surface area contributed by atoms with Gasteiger partial charge in [-0.05, 0) is 26.7 Å². The van der Waals surface area contributed by atoms with E-state index < -0.39 is 0 Å². The van der Waals surface area contributed by atoms with Gasteiger partial charge in [-0.1, -0.05) is 13.8 Å². The molecule has 1 aliphatic heterocycles. The summed E-state index contributed by atoms with van der Waals surface area (Å²) >= 11 is 1.76. The van der Waals surface area contributed by atoms with Crippen LogP contribution in [0.5, 0.6) is 0 Å². The Morgan fingerprint density at radius 3 is 2.79 bits per heavy atom. The molecule has 19 heavy (non-hydrogen) atoms. The van der Waals surface area contributed by atoms with E-state index in [1.165, 1.54) is 30.1 Å². The van der Waals surface area contributed by atoms with Crippen LogP contribution in [0.4, 0.5) is 0 Å². The minimum absolute atomic E-state index is 0.324. The molecular formula is C15H27N3S. The summed E-state index contributed by atoms with van der Waals surface area (Å²) in [6.07, 6.45) is 3.50. The topological polar surface area (TPSA) is 28.2 Å². The summed E-state index contributed by atoms with van der Waals surface area (Å²) in [5.74, 6) is 0. The molecule has 0 spiro atoms. The van der Waals surface area contributed by atoms with E-state index in [4.69, 9.17) is 0 Å². The maximum atomic E-state index is 4.57. The number of piperazine rings is 1. The van der Waals surface area contributed by atoms with Crippen molar-refractivity contribution in [1.82, 2.24) is 15.2 Å². The first kappa shape index (κ1) is 14.9. The molecule has 2 rings (SSSR count). The van der Waals surface area contributed by atoms with Crippen LogP contribution in [0.15, 0.2) is 5.38 Å². The van der Waals surface area contributed by atoms with Gasteiger partial charge in [0.25, 0.3) is 0 Å². The molecule has 1 aromatic heterocycles. The Bertz CT molecular complexity index is 398. The molecule has 0 bridgehead atoms. The van der Waals surface area contributed by atoms with E-state index in [2.05, 4.69) is 48.3 Å². The van der Waals surface area contributed by atoms with Gasteiger partial charge in [0, 0.05) is 43.0 Å². The summed E-state index contributed by atoms with van der Waals surface area (Å²) in [6.45, 7) is 12.4. The molecule has 0 radical (unpaired) electrons. The minimum atomic E-state index is 0.324. The number of thiazole rings is 1. The van der Waals surface area contributed by atoms with Crippen molar-refractivity contribution in [2.75, 3.05) is 19.6 Å². The third kappa shape index (κ3) is 3.56. The lowest BCUT2D eigenvalue weighted by atomic mass is 9.88. The quantitative estimate of drug-likeness (QED) is 0.899. The van der Waals surface area contributed by atoms with Gasteiger partial charge in [0.05, 0.1) is 10.7 Å². The fraction of sp³-hybridized carbons (Fsp3) is 0.800. The Hall–Kier alpha value is -0.450. The Balaban J connectivity index is 1.94. The van der Waals surface area contributed by atoms with Crippen molar-refractivity contribution in [3.05, 3.63) is 16.1 Å². The first-order valence-electron chi connectivity index (χ1n) is 7.48. The number of nitrogens with zero attached hydrogens (tertiary/aromatic N) is 2. The van der Waals surface area contributed by atoms with Gasteiger partial charge in [-0.25, -0.2) is 4.98 Å². The Labute approximate surface area is 121 Å². The molecule has 4 heteroatoms. The highest BCUT2D eigenvalue weighted by molar-refractivity contribution is 7.09. The zero-order valence-corrected chi connectivity index (χ0v) is 13.5. The van der Waals surface area contributed by atoms with Crippen molar-refractivity contribution < 1.29 is 0 Å². The molecule has 1 aliphatic rings. The number of hydrogen-bond donors (Lipinski definition) is 1. The van der Waals surface area contributed by atoms with Crippen LogP contribution in [0.25, 0.3) is 0 Å². The van der Waals surface area contributed by atoms with Crippen molar-refractivity contribution in [2.24, 2.45) is 0 Å². The standard InChI is InChI=1S/C15H27N3S/c1-5-15(6-2)11-18(12(3)9-16-15)8-7-14-10-19-13(4)17-14/h10,12,16H,5-9,11H2,1-4H3. The monoisotopic (exact) mass is 281 g/mol. The van der Waals surface area contributed by atoms with Gasteiger partial charge in [-0.3, -0.25) is 4.90 Å². The lowest BCUT2D eigenvalue weighted by Crippen LogP contribution is -2.63. The number of hydrogen-bond acceptors (Lipinski definition) is 4. The van der Waals surface area contributed by atoms with Crippen molar-refractivity contribution in [1.29, 1.82) is 0 Å². The van der Waals surface area contributed by atoms with Gasteiger partial charge < -0.3 is 5.32 Å². The smallest absolute Gasteiger partial charge is 0.0897 e. The molecule has 0 aromatic carbocycles. The van der Waals surface area contributed by atoms with E-state index >= 15 is 0 Å². The predicted octanol–water partition coefficient (Wildman–Crippen LogP) is 2.85. The van der Waals surface area contributed by atoms with E-state index in [9.17, 15) is 0 Å². The number of nitrogens with one attached hydrogen (secondary N) is 1. The Morgan fingerprint density at radius 1 is 1.47 bits per heavy atom. The molecule has 2 heterocycles. The molecule has 0 amide bonds. The second-order valence-corrected chi connectivity index (χ2v) is 6.86. The summed E-state index contributed by atoms with van der Waals surface area (Å²) in [7, 11) is 0. The fourth-order valence-electron chi connectivity index (χ4n) is 2.90. The second kappa shape index (κ2) is 6.33. The zero-order valence-electron chi connectivity index (χ0n) is 12.7. The maximum Gasteiger partial charge on any atom is 0.0897 e. The van der Waals surface area contributed by atoms with Crippen LogP contribution in [0, 0.1) is 6.92 Å². The minimum Gasteiger partial charge on any atom is -0.308 e. The van der Waals surface area contributed by atoms with E-state index in [-0.39, 0.29) is 0 Å². The number of aromatic nitrogens is 1. The lowest BCUT2D eigenvalue weighted by Gasteiger charge is -2.46. The summed E-state index contributed by atoms with van der Waals surface area (Å²) in [4.78, 5) is 7.21. The first-order chi connectivity index (χ1) is 9.08. The maximum absolute atomic E-state index is 4.57. The van der Waals surface area contributed by atoms with Crippen LogP contribution in [0.3, 0.4) is 0 Å². The van der Waals surface area contributed by atoms with Gasteiger partial charge in [-0.2, -0.15) is 0 Å². The van der Waals surface area contributed by atoms with E-state index in [1.807, 2.05) is 0 Å². The van der Waals surface area contributed by atoms with Crippen LogP contribution < -0.4 is 5.32 Å². The van der Waals surface area contributed by atoms with Crippen molar-refractivity contribution in [3.8, 4) is 0 Å². The molecule has 3 nitrogen and oxygen atoms in total. The molecule has 1 atom stereocenters. The highest BCUT2D eigenvalue weighted by atomic mass is 32.1. The number of aryl methyl sites for hydroxylation is 1. The highest BCUT2D eigenvalue weighted by Gasteiger charge is 2.34. The molecular weight excluding hydrogens is 254 g/mol. The molecule has 0 saturated carbocycles. The third-order valence-electron chi connectivity index (χ3n) is 4.58. The third-order valence-corrected chi connectivity index (χ3v) is 5.40. The fourth-order valence-corrected chi connectivity index (χ4v) is 3.55. The van der Waals surface area contributed by atoms with Crippen molar-refractivity contribution in [3.63, 3.8) is 0 Å². The summed E-state index contributed by atoms with van der Waals surface area (Å²) in [5.41, 5.74) is 1.58. The molecule has 1 unspecified atom stereocenters. The normalized spacial score (nSPS) is 23.7. The van der Waals surface area contributed by atoms with Gasteiger partial charge in [0.2, 0.25) is 0 Å². The SMILES string of the molecule is CCC1(CC)CN(CCc2csc(C)n2)C(C)CN1. The molecule has 1 fully saturated rings. The Morgan fingerprint density at radius 2 is 2.21 bits per heavy atom. The largest absolute Gasteiger partial charge is 0.308 e. The zero-order chi connectivity index (χ0) is 13.9. The number of rotatable bonds is 5. The highest BCUT2D eigenvalue weighted by Crippen LogP contribution is 2.23. The van der Waals surface area contributed by atoms with Gasteiger partial charge in [0.15, 0.2) is 0 Å². The lowest BCUT2D eigenvalue weighted by molar-refractivity contribution is 0.0817. The van der Waals surface area contributed by atoms with Crippen molar-refractivity contribution in [2.45, 2.75) is 58.5 Å². The predicted molar refractivity (Wildman–Crippen MR) is 82.9 cm³/mol. The average Bonchev–Trinajstić information content (AvgIpc) is 2.84. The van der Waals surface area contributed by atoms with Gasteiger partial charge in [0.1, 0.15) is 0 Å². The second-order valence-electron chi connectivity index (χ2n) is 5.80. The molecule has 108 valence electrons. The van der Waals surface area contributed by atoms with Gasteiger partial charge >= 0.3 is 0 Å². The summed E-state index contributed by atoms with van der Waals surface area (Å²) in [6, 6.07) is 0.631. The van der Waals surface area contributed by atoms with Crippen LogP contribution in [0.2, 0.25) is 0 Å². The Kier molecular flexibility index (Phi) is 4.98. The summed E-state index contributed by atoms with van der Waals surface area (Å²) in [5, 5.41) is 7.14. The van der Waals surface area contributed by atoms with Crippen LogP contribution in [0.1, 0.15) is 44.3 Å². The van der Waals surface area contributed by atoms with Crippen LogP contribution in [-0.2, 0) is 6.42 Å². The van der Waals surface area contributed by atoms with Crippen LogP contribution >= 0.6 is 11.3 Å². The first-order valence-corrected chi connectivity index (χ1v) is 8.36. The van der Waals surface area contributed by atoms with Crippen LogP contribution in [-0.4, -0.2) is 41.1 Å². The van der Waals surface area contributed by atoms with E-state index in [0.717, 1.165) is 19.5 Å². The van der Waals surface area contributed by atoms with E-state index in [0.29, 0.717) is 11.6 Å². The summed E-state index contributed by atoms with van der Waals surface area (Å²) < 4.78 is 0. The molecule has 1 saturated heterocycles. The molecule has 0 aliphatic carbocycles.